The number of hydrogen-bond donors (Lipinski definition) is 2. The van der Waals surface area contributed by atoms with Gasteiger partial charge in [-0.15, -0.1) is 11.8 Å². The maximum Gasteiger partial charge on any atom is 0.236 e. The molecule has 2 aliphatic heterocycles. The summed E-state index contributed by atoms with van der Waals surface area (Å²) in [4.78, 5) is 14.9. The van der Waals surface area contributed by atoms with E-state index >= 15 is 0 Å². The summed E-state index contributed by atoms with van der Waals surface area (Å²) in [5, 5.41) is 8.01. The first-order valence-corrected chi connectivity index (χ1v) is 11.5. The van der Waals surface area contributed by atoms with Crippen LogP contribution in [-0.4, -0.2) is 58.0 Å². The van der Waals surface area contributed by atoms with Gasteiger partial charge in [0.2, 0.25) is 5.91 Å². The molecule has 0 radical (unpaired) electrons. The number of carbonyl (C=O) groups excluding carboxylic acids is 1. The molecule has 146 valence electrons. The molecule has 3 heterocycles. The number of fused-ring (bicyclic) bond motifs is 1. The van der Waals surface area contributed by atoms with E-state index in [9.17, 15) is 4.79 Å². The lowest BCUT2D eigenvalue weighted by molar-refractivity contribution is -0.122. The fourth-order valence-corrected chi connectivity index (χ4v) is 6.20. The largest absolute Gasteiger partial charge is 0.342 e. The van der Waals surface area contributed by atoms with Crippen LogP contribution in [0.25, 0.3) is 10.1 Å². The highest BCUT2D eigenvalue weighted by Crippen LogP contribution is 2.44. The van der Waals surface area contributed by atoms with E-state index in [1.807, 2.05) is 13.8 Å². The minimum absolute atomic E-state index is 0.0982. The number of rotatable bonds is 6. The molecule has 2 aliphatic rings. The zero-order valence-corrected chi connectivity index (χ0v) is 17.7. The normalized spacial score (nSPS) is 24.2. The lowest BCUT2D eigenvalue weighted by Gasteiger charge is -2.28. The summed E-state index contributed by atoms with van der Waals surface area (Å²) in [6.07, 6.45) is 2.18. The second-order valence-corrected chi connectivity index (χ2v) is 10.5. The fourth-order valence-electron chi connectivity index (χ4n) is 3.96. The van der Waals surface area contributed by atoms with Crippen molar-refractivity contribution in [1.82, 2.24) is 19.9 Å². The lowest BCUT2D eigenvalue weighted by atomic mass is 9.95. The van der Waals surface area contributed by atoms with E-state index in [0.717, 1.165) is 51.3 Å². The topological polar surface area (TPSA) is 57.3 Å². The molecule has 2 fully saturated rings. The summed E-state index contributed by atoms with van der Waals surface area (Å²) >= 11 is 3.33. The minimum Gasteiger partial charge on any atom is -0.342 e. The van der Waals surface area contributed by atoms with Crippen LogP contribution in [0.3, 0.4) is 0 Å². The highest BCUT2D eigenvalue weighted by atomic mass is 32.2. The van der Waals surface area contributed by atoms with E-state index in [0.29, 0.717) is 0 Å². The number of thioether (sulfide) groups is 1. The Morgan fingerprint density at radius 2 is 2.07 bits per heavy atom. The van der Waals surface area contributed by atoms with E-state index in [1.165, 1.54) is 10.1 Å². The van der Waals surface area contributed by atoms with Crippen LogP contribution in [0, 0.1) is 0 Å². The van der Waals surface area contributed by atoms with Crippen LogP contribution in [0.1, 0.15) is 38.3 Å². The molecule has 5 nitrogen and oxygen atoms in total. The molecule has 2 aromatic rings. The molecule has 2 atom stereocenters. The second-order valence-electron chi connectivity index (χ2n) is 7.93. The number of nitrogens with zero attached hydrogens (tertiary/aromatic N) is 2. The fraction of sp³-hybridized carbons (Fsp3) is 0.600. The molecule has 1 amide bonds. The molecular weight excluding hydrogens is 376 g/mol. The van der Waals surface area contributed by atoms with Gasteiger partial charge in [-0.1, -0.05) is 18.2 Å². The van der Waals surface area contributed by atoms with Crippen molar-refractivity contribution < 1.29 is 4.79 Å². The van der Waals surface area contributed by atoms with Gasteiger partial charge in [-0.3, -0.25) is 4.79 Å². The van der Waals surface area contributed by atoms with Gasteiger partial charge in [0, 0.05) is 37.5 Å². The monoisotopic (exact) mass is 404 g/mol. The Bertz CT molecular complexity index is 800. The maximum absolute atomic E-state index is 12.4. The third kappa shape index (κ3) is 4.16. The van der Waals surface area contributed by atoms with Gasteiger partial charge in [0.15, 0.2) is 0 Å². The average molecular weight is 405 g/mol. The summed E-state index contributed by atoms with van der Waals surface area (Å²) in [6, 6.07) is 8.46. The average Bonchev–Trinajstić information content (AvgIpc) is 3.20. The number of benzene rings is 1. The molecule has 1 aromatic carbocycles. The predicted molar refractivity (Wildman–Crippen MR) is 115 cm³/mol. The van der Waals surface area contributed by atoms with Crippen LogP contribution in [0.2, 0.25) is 0 Å². The zero-order valence-electron chi connectivity index (χ0n) is 16.0. The van der Waals surface area contributed by atoms with Crippen LogP contribution < -0.4 is 10.6 Å². The zero-order chi connectivity index (χ0) is 18.9. The Balaban J connectivity index is 1.53. The number of amides is 1. The first-order chi connectivity index (χ1) is 13.0. The molecule has 4 rings (SSSR count). The molecule has 2 unspecified atom stereocenters. The van der Waals surface area contributed by atoms with Crippen molar-refractivity contribution in [2.75, 3.05) is 32.7 Å². The Morgan fingerprint density at radius 3 is 2.81 bits per heavy atom. The smallest absolute Gasteiger partial charge is 0.236 e. The molecule has 0 bridgehead atoms. The Labute approximate surface area is 169 Å². The van der Waals surface area contributed by atoms with Crippen LogP contribution in [-0.2, 0) is 4.79 Å². The van der Waals surface area contributed by atoms with Crippen LogP contribution in [0.4, 0.5) is 0 Å². The van der Waals surface area contributed by atoms with Gasteiger partial charge in [-0.2, -0.15) is 4.37 Å². The van der Waals surface area contributed by atoms with Crippen molar-refractivity contribution >= 4 is 39.3 Å². The first-order valence-electron chi connectivity index (χ1n) is 9.81. The van der Waals surface area contributed by atoms with E-state index in [-0.39, 0.29) is 21.9 Å². The lowest BCUT2D eigenvalue weighted by Crippen LogP contribution is -2.43. The third-order valence-electron chi connectivity index (χ3n) is 5.56. The molecule has 0 aliphatic carbocycles. The van der Waals surface area contributed by atoms with Gasteiger partial charge in [0.05, 0.1) is 20.5 Å². The second kappa shape index (κ2) is 8.07. The number of aromatic nitrogens is 1. The predicted octanol–water partition coefficient (Wildman–Crippen LogP) is 3.03. The Morgan fingerprint density at radius 1 is 1.30 bits per heavy atom. The number of piperazine rings is 1. The van der Waals surface area contributed by atoms with Crippen molar-refractivity contribution in [3.63, 3.8) is 0 Å². The molecule has 2 N–H and O–H groups in total. The molecule has 1 aromatic heterocycles. The Kier molecular flexibility index (Phi) is 5.73. The molecular formula is C20H28N4OS2. The molecule has 0 spiro atoms. The van der Waals surface area contributed by atoms with Crippen molar-refractivity contribution in [2.24, 2.45) is 0 Å². The SMILES string of the molecule is CC1(C)SC(C(CCCN2CCNCC2)c2nsc3ccccc23)NC1=O. The van der Waals surface area contributed by atoms with E-state index in [4.69, 9.17) is 4.37 Å². The quantitative estimate of drug-likeness (QED) is 0.775. The van der Waals surface area contributed by atoms with Crippen LogP contribution in [0.5, 0.6) is 0 Å². The van der Waals surface area contributed by atoms with Crippen molar-refractivity contribution in [1.29, 1.82) is 0 Å². The Hall–Kier alpha value is -1.15. The minimum atomic E-state index is -0.368. The van der Waals surface area contributed by atoms with Gasteiger partial charge in [0.25, 0.3) is 0 Å². The first kappa shape index (κ1) is 19.2. The van der Waals surface area contributed by atoms with Crippen LogP contribution >= 0.6 is 23.3 Å². The van der Waals surface area contributed by atoms with Gasteiger partial charge >= 0.3 is 0 Å². The molecule has 7 heteroatoms. The molecule has 0 saturated carbocycles. The summed E-state index contributed by atoms with van der Waals surface area (Å²) < 4.78 is 5.69. The summed E-state index contributed by atoms with van der Waals surface area (Å²) in [6.45, 7) is 9.59. The van der Waals surface area contributed by atoms with Gasteiger partial charge in [-0.05, 0) is 50.8 Å². The van der Waals surface area contributed by atoms with Crippen LogP contribution in [0.15, 0.2) is 24.3 Å². The van der Waals surface area contributed by atoms with Crippen molar-refractivity contribution in [3.05, 3.63) is 30.0 Å². The number of hydrogen-bond acceptors (Lipinski definition) is 6. The highest BCUT2D eigenvalue weighted by Gasteiger charge is 2.44. The van der Waals surface area contributed by atoms with Gasteiger partial charge in [-0.25, -0.2) is 0 Å². The number of nitrogens with one attached hydrogen (secondary N) is 2. The van der Waals surface area contributed by atoms with Crippen molar-refractivity contribution in [2.45, 2.75) is 42.7 Å². The summed E-state index contributed by atoms with van der Waals surface area (Å²) in [5.41, 5.74) is 1.16. The number of carbonyl (C=O) groups is 1. The van der Waals surface area contributed by atoms with E-state index in [1.54, 1.807) is 23.3 Å². The maximum atomic E-state index is 12.4. The third-order valence-corrected chi connectivity index (χ3v) is 7.88. The molecule has 2 saturated heterocycles. The van der Waals surface area contributed by atoms with Gasteiger partial charge < -0.3 is 15.5 Å². The highest BCUT2D eigenvalue weighted by molar-refractivity contribution is 8.02. The summed E-state index contributed by atoms with van der Waals surface area (Å²) in [7, 11) is 0. The van der Waals surface area contributed by atoms with E-state index < -0.39 is 0 Å². The van der Waals surface area contributed by atoms with Gasteiger partial charge in [0.1, 0.15) is 0 Å². The molecule has 27 heavy (non-hydrogen) atoms. The van der Waals surface area contributed by atoms with E-state index in [2.05, 4.69) is 39.8 Å². The standard InChI is InChI=1S/C20H28N4OS2/c1-20(2)19(25)22-18(26-20)15(7-5-11-24-12-9-21-10-13-24)17-14-6-3-4-8-16(14)27-23-17/h3-4,6,8,15,18,21H,5,7,9-13H2,1-2H3,(H,22,25). The van der Waals surface area contributed by atoms with Crippen molar-refractivity contribution in [3.8, 4) is 0 Å². The summed E-state index contributed by atoms with van der Waals surface area (Å²) in [5.74, 6) is 0.393.